The maximum Gasteiger partial charge on any atom is 0.307 e. The van der Waals surface area contributed by atoms with Gasteiger partial charge in [-0.3, -0.25) is 9.59 Å². The fourth-order valence-corrected chi connectivity index (χ4v) is 4.69. The lowest BCUT2D eigenvalue weighted by Gasteiger charge is -2.05. The van der Waals surface area contributed by atoms with Gasteiger partial charge in [0.25, 0.3) is 5.91 Å². The van der Waals surface area contributed by atoms with E-state index in [2.05, 4.69) is 9.73 Å². The van der Waals surface area contributed by atoms with Crippen molar-refractivity contribution < 1.29 is 22.7 Å². The van der Waals surface area contributed by atoms with E-state index in [1.165, 1.54) is 30.6 Å². The number of esters is 1. The Bertz CT molecular complexity index is 1170. The minimum Gasteiger partial charge on any atom is -0.469 e. The Morgan fingerprint density at radius 2 is 2.07 bits per heavy atom. The standard InChI is InChI=1S/C16H15N3O5S3/c1-24-14(20)6-7-19-11-5-4-10(27(17,22)23)9-13(11)26-16(19)18-15(21)12-3-2-8-25-12/h2-5,8-9H,6-7H2,1H3,(H2,17,22,23). The van der Waals surface area contributed by atoms with Gasteiger partial charge in [0.2, 0.25) is 10.0 Å². The van der Waals surface area contributed by atoms with Gasteiger partial charge in [0.05, 0.1) is 33.5 Å². The lowest BCUT2D eigenvalue weighted by molar-refractivity contribution is -0.140. The van der Waals surface area contributed by atoms with E-state index in [4.69, 9.17) is 5.14 Å². The molecule has 2 N–H and O–H groups in total. The maximum atomic E-state index is 12.4. The van der Waals surface area contributed by atoms with Crippen LogP contribution in [0.3, 0.4) is 0 Å². The molecule has 0 unspecified atom stereocenters. The third-order valence-corrected chi connectivity index (χ3v) is 6.49. The molecule has 1 amide bonds. The number of hydrogen-bond acceptors (Lipinski definition) is 7. The molecule has 0 radical (unpaired) electrons. The SMILES string of the molecule is COC(=O)CCn1c(=NC(=O)c2cccs2)sc2cc(S(N)(=O)=O)ccc21. The highest BCUT2D eigenvalue weighted by Crippen LogP contribution is 2.22. The van der Waals surface area contributed by atoms with Crippen LogP contribution < -0.4 is 9.94 Å². The Balaban J connectivity index is 2.14. The number of carbonyl (C=O) groups excluding carboxylic acids is 2. The molecule has 0 aliphatic rings. The van der Waals surface area contributed by atoms with Gasteiger partial charge in [-0.2, -0.15) is 4.99 Å². The average molecular weight is 426 g/mol. The number of aromatic nitrogens is 1. The summed E-state index contributed by atoms with van der Waals surface area (Å²) in [4.78, 5) is 28.8. The van der Waals surface area contributed by atoms with Gasteiger partial charge in [-0.05, 0) is 29.6 Å². The molecule has 0 spiro atoms. The van der Waals surface area contributed by atoms with E-state index in [1.807, 2.05) is 0 Å². The lowest BCUT2D eigenvalue weighted by Crippen LogP contribution is -2.19. The van der Waals surface area contributed by atoms with Crippen LogP contribution in [0.1, 0.15) is 16.1 Å². The fourth-order valence-electron chi connectivity index (χ4n) is 2.38. The van der Waals surface area contributed by atoms with Gasteiger partial charge in [0.15, 0.2) is 4.80 Å². The Labute approximate surface area is 162 Å². The average Bonchev–Trinajstić information content (AvgIpc) is 3.26. The Morgan fingerprint density at radius 1 is 1.30 bits per heavy atom. The Kier molecular flexibility index (Phi) is 5.56. The monoisotopic (exact) mass is 425 g/mol. The summed E-state index contributed by atoms with van der Waals surface area (Å²) in [7, 11) is -2.56. The van der Waals surface area contributed by atoms with Crippen molar-refractivity contribution in [2.75, 3.05) is 7.11 Å². The smallest absolute Gasteiger partial charge is 0.307 e. The van der Waals surface area contributed by atoms with Crippen LogP contribution in [0.4, 0.5) is 0 Å². The molecule has 3 aromatic rings. The second-order valence-corrected chi connectivity index (χ2v) is 8.95. The van der Waals surface area contributed by atoms with E-state index in [1.54, 1.807) is 28.1 Å². The zero-order valence-electron chi connectivity index (χ0n) is 14.1. The summed E-state index contributed by atoms with van der Waals surface area (Å²) >= 11 is 2.42. The maximum absolute atomic E-state index is 12.4. The number of primary sulfonamides is 1. The van der Waals surface area contributed by atoms with Crippen molar-refractivity contribution in [2.24, 2.45) is 10.1 Å². The molecule has 27 heavy (non-hydrogen) atoms. The van der Waals surface area contributed by atoms with Crippen molar-refractivity contribution in [1.29, 1.82) is 0 Å². The molecule has 1 aromatic carbocycles. The van der Waals surface area contributed by atoms with Gasteiger partial charge in [0.1, 0.15) is 0 Å². The predicted molar refractivity (Wildman–Crippen MR) is 102 cm³/mol. The second-order valence-electron chi connectivity index (χ2n) is 5.43. The number of thiophene rings is 1. The topological polar surface area (TPSA) is 121 Å². The summed E-state index contributed by atoms with van der Waals surface area (Å²) in [6.45, 7) is 0.234. The zero-order chi connectivity index (χ0) is 19.6. The minimum atomic E-state index is -3.86. The highest BCUT2D eigenvalue weighted by molar-refractivity contribution is 7.89. The highest BCUT2D eigenvalue weighted by Gasteiger charge is 2.14. The number of nitrogens with two attached hydrogens (primary N) is 1. The number of hydrogen-bond donors (Lipinski definition) is 1. The molecule has 2 heterocycles. The number of ether oxygens (including phenoxy) is 1. The Morgan fingerprint density at radius 3 is 2.70 bits per heavy atom. The molecule has 0 saturated heterocycles. The zero-order valence-corrected chi connectivity index (χ0v) is 16.6. The summed E-state index contributed by atoms with van der Waals surface area (Å²) in [5, 5.41) is 6.96. The second kappa shape index (κ2) is 7.72. The number of methoxy groups -OCH3 is 1. The number of benzene rings is 1. The van der Waals surface area contributed by atoms with Crippen LogP contribution in [-0.2, 0) is 26.1 Å². The summed E-state index contributed by atoms with van der Waals surface area (Å²) in [6, 6.07) is 7.81. The van der Waals surface area contributed by atoms with Crippen LogP contribution in [0.25, 0.3) is 10.2 Å². The van der Waals surface area contributed by atoms with Gasteiger partial charge in [0, 0.05) is 6.54 Å². The van der Waals surface area contributed by atoms with Gasteiger partial charge in [-0.1, -0.05) is 17.4 Å². The van der Waals surface area contributed by atoms with Crippen molar-refractivity contribution in [2.45, 2.75) is 17.9 Å². The molecule has 0 saturated carbocycles. The molecule has 2 aromatic heterocycles. The number of nitrogens with zero attached hydrogens (tertiary/aromatic N) is 2. The number of thiazole rings is 1. The predicted octanol–water partition coefficient (Wildman–Crippen LogP) is 1.72. The van der Waals surface area contributed by atoms with Gasteiger partial charge in [-0.25, -0.2) is 13.6 Å². The first-order valence-electron chi connectivity index (χ1n) is 7.65. The number of carbonyl (C=O) groups is 2. The summed E-state index contributed by atoms with van der Waals surface area (Å²) in [5.74, 6) is -0.811. The number of sulfonamides is 1. The van der Waals surface area contributed by atoms with Crippen LogP contribution in [0.15, 0.2) is 45.6 Å². The third kappa shape index (κ3) is 4.33. The van der Waals surface area contributed by atoms with Crippen molar-refractivity contribution in [1.82, 2.24) is 4.57 Å². The normalized spacial score (nSPS) is 12.4. The molecule has 0 aliphatic carbocycles. The number of amides is 1. The molecule has 142 valence electrons. The van der Waals surface area contributed by atoms with Crippen LogP contribution in [0.2, 0.25) is 0 Å². The quantitative estimate of drug-likeness (QED) is 0.624. The first-order chi connectivity index (χ1) is 12.8. The number of fused-ring (bicyclic) bond motifs is 1. The summed E-state index contributed by atoms with van der Waals surface area (Å²) < 4.78 is 30.1. The molecule has 0 fully saturated rings. The number of rotatable bonds is 5. The van der Waals surface area contributed by atoms with Gasteiger partial charge >= 0.3 is 5.97 Å². The van der Waals surface area contributed by atoms with Crippen LogP contribution in [0, 0.1) is 0 Å². The van der Waals surface area contributed by atoms with E-state index in [9.17, 15) is 18.0 Å². The van der Waals surface area contributed by atoms with E-state index in [-0.39, 0.29) is 17.9 Å². The highest BCUT2D eigenvalue weighted by atomic mass is 32.2. The van der Waals surface area contributed by atoms with E-state index < -0.39 is 21.9 Å². The third-order valence-electron chi connectivity index (χ3n) is 3.68. The molecule has 8 nitrogen and oxygen atoms in total. The lowest BCUT2D eigenvalue weighted by atomic mass is 10.3. The van der Waals surface area contributed by atoms with Gasteiger partial charge in [-0.15, -0.1) is 11.3 Å². The number of aryl methyl sites for hydroxylation is 1. The van der Waals surface area contributed by atoms with Gasteiger partial charge < -0.3 is 9.30 Å². The first-order valence-corrected chi connectivity index (χ1v) is 10.9. The van der Waals surface area contributed by atoms with Crippen LogP contribution in [-0.4, -0.2) is 32.0 Å². The molecular weight excluding hydrogens is 410 g/mol. The largest absolute Gasteiger partial charge is 0.469 e. The Hall–Kier alpha value is -2.34. The molecule has 0 bridgehead atoms. The summed E-state index contributed by atoms with van der Waals surface area (Å²) in [6.07, 6.45) is 0.0830. The first kappa shape index (κ1) is 19.4. The van der Waals surface area contributed by atoms with Crippen molar-refractivity contribution in [3.8, 4) is 0 Å². The molecule has 11 heteroatoms. The van der Waals surface area contributed by atoms with Crippen LogP contribution in [0.5, 0.6) is 0 Å². The molecule has 3 rings (SSSR count). The molecule has 0 atom stereocenters. The fraction of sp³-hybridized carbons (Fsp3) is 0.188. The van der Waals surface area contributed by atoms with Crippen LogP contribution >= 0.6 is 22.7 Å². The van der Waals surface area contributed by atoms with E-state index in [0.29, 0.717) is 19.9 Å². The van der Waals surface area contributed by atoms with Crippen molar-refractivity contribution in [3.63, 3.8) is 0 Å². The molecular formula is C16H15N3O5S3. The van der Waals surface area contributed by atoms with E-state index >= 15 is 0 Å². The van der Waals surface area contributed by atoms with Crippen molar-refractivity contribution in [3.05, 3.63) is 45.4 Å². The summed E-state index contributed by atoms with van der Waals surface area (Å²) in [5.41, 5.74) is 0.647. The van der Waals surface area contributed by atoms with E-state index in [0.717, 1.165) is 11.3 Å². The molecule has 0 aliphatic heterocycles. The van der Waals surface area contributed by atoms with Crippen molar-refractivity contribution >= 4 is 54.8 Å². The minimum absolute atomic E-state index is 0.0347.